The molecule has 142 valence electrons. The number of benzene rings is 2. The van der Waals surface area contributed by atoms with E-state index in [0.717, 1.165) is 35.7 Å². The monoisotopic (exact) mass is 491 g/mol. The van der Waals surface area contributed by atoms with E-state index in [4.69, 9.17) is 16.7 Å². The van der Waals surface area contributed by atoms with E-state index in [1.807, 2.05) is 31.2 Å². The predicted octanol–water partition coefficient (Wildman–Crippen LogP) is 3.89. The van der Waals surface area contributed by atoms with E-state index in [1.54, 1.807) is 12.1 Å². The Morgan fingerprint density at radius 1 is 1.15 bits per heavy atom. The number of rotatable bonds is 7. The number of aliphatic hydroxyl groups excluding tert-OH is 1. The summed E-state index contributed by atoms with van der Waals surface area (Å²) in [4.78, 5) is 4.50. The first-order valence-corrected chi connectivity index (χ1v) is 8.65. The first-order chi connectivity index (χ1) is 12.1. The average molecular weight is 492 g/mol. The molecule has 0 aliphatic heterocycles. The molecule has 26 heavy (non-hydrogen) atoms. The topological polar surface area (TPSA) is 56.7 Å². The van der Waals surface area contributed by atoms with Crippen LogP contribution in [-0.2, 0) is 19.6 Å². The fraction of sp³-hybridized carbons (Fsp3) is 0.316. The Balaban J connectivity index is 0.00000338. The molecule has 0 atom stereocenters. The highest BCUT2D eigenvalue weighted by atomic mass is 127. The molecular weight excluding hydrogens is 468 g/mol. The second-order valence-electron chi connectivity index (χ2n) is 5.59. The third-order valence-corrected chi connectivity index (χ3v) is 3.87. The van der Waals surface area contributed by atoms with Crippen LogP contribution in [0.4, 0.5) is 4.39 Å². The van der Waals surface area contributed by atoms with Crippen LogP contribution in [-0.4, -0.2) is 24.2 Å². The van der Waals surface area contributed by atoms with Crippen LogP contribution in [0.1, 0.15) is 23.6 Å². The SMILES string of the molecule is CCNC(=NCc1ccc(F)c(CO)c1)NCCc1cccc(Cl)c1.I. The average Bonchev–Trinajstić information content (AvgIpc) is 2.61. The molecule has 7 heteroatoms. The molecule has 3 N–H and O–H groups in total. The van der Waals surface area contributed by atoms with Gasteiger partial charge in [0.05, 0.1) is 13.2 Å². The number of aliphatic hydroxyl groups is 1. The number of nitrogens with zero attached hydrogens (tertiary/aromatic N) is 1. The van der Waals surface area contributed by atoms with Gasteiger partial charge in [-0.25, -0.2) is 9.38 Å². The molecule has 0 radical (unpaired) electrons. The number of aliphatic imine (C=N–C) groups is 1. The summed E-state index contributed by atoms with van der Waals surface area (Å²) in [5.74, 6) is 0.293. The Hall–Kier alpha value is -1.38. The number of guanidine groups is 1. The zero-order valence-corrected chi connectivity index (χ0v) is 17.7. The van der Waals surface area contributed by atoms with Gasteiger partial charge in [-0.2, -0.15) is 0 Å². The lowest BCUT2D eigenvalue weighted by molar-refractivity contribution is 0.275. The molecule has 0 aliphatic rings. The van der Waals surface area contributed by atoms with Crippen LogP contribution < -0.4 is 10.6 Å². The maximum Gasteiger partial charge on any atom is 0.191 e. The molecule has 0 saturated heterocycles. The van der Waals surface area contributed by atoms with E-state index in [1.165, 1.54) is 6.07 Å². The van der Waals surface area contributed by atoms with Gasteiger partial charge >= 0.3 is 0 Å². The van der Waals surface area contributed by atoms with Gasteiger partial charge in [-0.05, 0) is 48.7 Å². The number of hydrogen-bond donors (Lipinski definition) is 3. The van der Waals surface area contributed by atoms with E-state index in [2.05, 4.69) is 15.6 Å². The van der Waals surface area contributed by atoms with Gasteiger partial charge in [0.25, 0.3) is 0 Å². The summed E-state index contributed by atoms with van der Waals surface area (Å²) in [6, 6.07) is 12.4. The standard InChI is InChI=1S/C19H23ClFN3O.HI/c1-2-22-19(23-9-8-14-4-3-5-17(20)11-14)24-12-15-6-7-18(21)16(10-15)13-25;/h3-7,10-11,25H,2,8-9,12-13H2,1H3,(H2,22,23,24);1H. The Kier molecular flexibility index (Phi) is 10.5. The second-order valence-corrected chi connectivity index (χ2v) is 6.02. The quantitative estimate of drug-likeness (QED) is 0.313. The molecule has 0 saturated carbocycles. The zero-order chi connectivity index (χ0) is 18.1. The summed E-state index contributed by atoms with van der Waals surface area (Å²) in [5, 5.41) is 16.3. The van der Waals surface area contributed by atoms with Crippen molar-refractivity contribution in [1.82, 2.24) is 10.6 Å². The molecule has 0 heterocycles. The van der Waals surface area contributed by atoms with Crippen molar-refractivity contribution in [2.24, 2.45) is 4.99 Å². The van der Waals surface area contributed by atoms with Crippen LogP contribution in [0.2, 0.25) is 5.02 Å². The molecule has 0 spiro atoms. The van der Waals surface area contributed by atoms with Gasteiger partial charge < -0.3 is 15.7 Å². The smallest absolute Gasteiger partial charge is 0.191 e. The summed E-state index contributed by atoms with van der Waals surface area (Å²) < 4.78 is 13.4. The van der Waals surface area contributed by atoms with Gasteiger partial charge in [-0.1, -0.05) is 29.8 Å². The second kappa shape index (κ2) is 12.1. The van der Waals surface area contributed by atoms with Crippen LogP contribution in [0.15, 0.2) is 47.5 Å². The largest absolute Gasteiger partial charge is 0.392 e. The van der Waals surface area contributed by atoms with Crippen molar-refractivity contribution >= 4 is 41.5 Å². The predicted molar refractivity (Wildman–Crippen MR) is 116 cm³/mol. The molecule has 0 bridgehead atoms. The Morgan fingerprint density at radius 2 is 1.96 bits per heavy atom. The molecule has 2 rings (SSSR count). The highest BCUT2D eigenvalue weighted by Crippen LogP contribution is 2.12. The van der Waals surface area contributed by atoms with Crippen molar-refractivity contribution in [2.45, 2.75) is 26.5 Å². The van der Waals surface area contributed by atoms with Crippen LogP contribution >= 0.6 is 35.6 Å². The van der Waals surface area contributed by atoms with Gasteiger partial charge in [0, 0.05) is 23.7 Å². The van der Waals surface area contributed by atoms with Gasteiger partial charge in [-0.15, -0.1) is 24.0 Å². The van der Waals surface area contributed by atoms with E-state index in [9.17, 15) is 4.39 Å². The third-order valence-electron chi connectivity index (χ3n) is 3.64. The van der Waals surface area contributed by atoms with Crippen molar-refractivity contribution < 1.29 is 9.50 Å². The zero-order valence-electron chi connectivity index (χ0n) is 14.6. The minimum absolute atomic E-state index is 0. The number of hydrogen-bond acceptors (Lipinski definition) is 2. The maximum atomic E-state index is 13.4. The van der Waals surface area contributed by atoms with Crippen molar-refractivity contribution in [3.8, 4) is 0 Å². The van der Waals surface area contributed by atoms with Crippen molar-refractivity contribution in [1.29, 1.82) is 0 Å². The van der Waals surface area contributed by atoms with Gasteiger partial charge in [0.2, 0.25) is 0 Å². The van der Waals surface area contributed by atoms with Gasteiger partial charge in [0.1, 0.15) is 5.82 Å². The van der Waals surface area contributed by atoms with Gasteiger partial charge in [0.15, 0.2) is 5.96 Å². The van der Waals surface area contributed by atoms with Gasteiger partial charge in [-0.3, -0.25) is 0 Å². The fourth-order valence-electron chi connectivity index (χ4n) is 2.38. The minimum Gasteiger partial charge on any atom is -0.392 e. The maximum absolute atomic E-state index is 13.4. The Morgan fingerprint density at radius 3 is 2.65 bits per heavy atom. The molecule has 4 nitrogen and oxygen atoms in total. The van der Waals surface area contributed by atoms with E-state index >= 15 is 0 Å². The lowest BCUT2D eigenvalue weighted by Crippen LogP contribution is -2.38. The summed E-state index contributed by atoms with van der Waals surface area (Å²) in [5.41, 5.74) is 2.28. The number of nitrogens with one attached hydrogen (secondary N) is 2. The van der Waals surface area contributed by atoms with Crippen LogP contribution in [0.3, 0.4) is 0 Å². The Labute approximate surface area is 175 Å². The first kappa shape index (κ1) is 22.7. The van der Waals surface area contributed by atoms with Crippen molar-refractivity contribution in [3.63, 3.8) is 0 Å². The molecule has 2 aromatic rings. The van der Waals surface area contributed by atoms with E-state index < -0.39 is 5.82 Å². The lowest BCUT2D eigenvalue weighted by Gasteiger charge is -2.12. The molecule has 0 unspecified atom stereocenters. The molecule has 0 aromatic heterocycles. The minimum atomic E-state index is -0.401. The van der Waals surface area contributed by atoms with Crippen molar-refractivity contribution in [3.05, 3.63) is 70.0 Å². The van der Waals surface area contributed by atoms with E-state index in [0.29, 0.717) is 12.5 Å². The Bertz CT molecular complexity index is 728. The van der Waals surface area contributed by atoms with E-state index in [-0.39, 0.29) is 36.1 Å². The summed E-state index contributed by atoms with van der Waals surface area (Å²) >= 11 is 5.99. The summed E-state index contributed by atoms with van der Waals surface area (Å²) in [6.45, 7) is 3.54. The molecular formula is C19H24ClFIN3O. The molecule has 0 amide bonds. The van der Waals surface area contributed by atoms with Crippen LogP contribution in [0, 0.1) is 5.82 Å². The number of halogens is 3. The summed E-state index contributed by atoms with van der Waals surface area (Å²) in [7, 11) is 0. The molecule has 0 fully saturated rings. The molecule has 2 aromatic carbocycles. The van der Waals surface area contributed by atoms with Crippen LogP contribution in [0.25, 0.3) is 0 Å². The normalized spacial score (nSPS) is 11.0. The fourth-order valence-corrected chi connectivity index (χ4v) is 2.59. The third kappa shape index (κ3) is 7.47. The summed E-state index contributed by atoms with van der Waals surface area (Å²) in [6.07, 6.45) is 0.830. The van der Waals surface area contributed by atoms with Crippen LogP contribution in [0.5, 0.6) is 0 Å². The van der Waals surface area contributed by atoms with Crippen molar-refractivity contribution in [2.75, 3.05) is 13.1 Å². The molecule has 0 aliphatic carbocycles. The lowest BCUT2D eigenvalue weighted by atomic mass is 10.1. The highest BCUT2D eigenvalue weighted by molar-refractivity contribution is 14.0. The first-order valence-electron chi connectivity index (χ1n) is 8.27. The highest BCUT2D eigenvalue weighted by Gasteiger charge is 2.03.